The Kier molecular flexibility index (Phi) is 7.51. The fourth-order valence-electron chi connectivity index (χ4n) is 3.21. The summed E-state index contributed by atoms with van der Waals surface area (Å²) in [4.78, 5) is 27.0. The lowest BCUT2D eigenvalue weighted by Gasteiger charge is -2.27. The van der Waals surface area contributed by atoms with Crippen molar-refractivity contribution in [1.82, 2.24) is 10.2 Å². The Labute approximate surface area is 181 Å². The normalized spacial score (nSPS) is 11.9. The van der Waals surface area contributed by atoms with Gasteiger partial charge >= 0.3 is 0 Å². The molecule has 0 aliphatic carbocycles. The van der Waals surface area contributed by atoms with E-state index >= 15 is 0 Å². The van der Waals surface area contributed by atoms with E-state index in [2.05, 4.69) is 10.6 Å². The fourth-order valence-corrected chi connectivity index (χ4v) is 3.21. The van der Waals surface area contributed by atoms with Crippen LogP contribution < -0.4 is 10.6 Å². The van der Waals surface area contributed by atoms with Gasteiger partial charge in [0.1, 0.15) is 5.82 Å². The lowest BCUT2D eigenvalue weighted by molar-refractivity contribution is -0.127. The first-order valence-corrected chi connectivity index (χ1v) is 10.1. The number of nitrogens with one attached hydrogen (secondary N) is 2. The van der Waals surface area contributed by atoms with E-state index in [1.165, 1.54) is 24.3 Å². The van der Waals surface area contributed by atoms with Crippen molar-refractivity contribution in [2.75, 3.05) is 18.9 Å². The zero-order chi connectivity index (χ0) is 22.2. The first-order valence-electron chi connectivity index (χ1n) is 10.1. The van der Waals surface area contributed by atoms with Crippen LogP contribution in [0.15, 0.2) is 84.9 Å². The van der Waals surface area contributed by atoms with Crippen LogP contribution >= 0.6 is 0 Å². The molecule has 0 saturated carbocycles. The van der Waals surface area contributed by atoms with Gasteiger partial charge in [0.25, 0.3) is 0 Å². The molecule has 31 heavy (non-hydrogen) atoms. The molecule has 0 saturated heterocycles. The van der Waals surface area contributed by atoms with Gasteiger partial charge in [-0.05, 0) is 49.4 Å². The molecule has 6 heteroatoms. The number of rotatable bonds is 8. The zero-order valence-electron chi connectivity index (χ0n) is 17.6. The van der Waals surface area contributed by atoms with E-state index in [-0.39, 0.29) is 30.2 Å². The first kappa shape index (κ1) is 22.2. The van der Waals surface area contributed by atoms with Crippen LogP contribution in [-0.2, 0) is 9.59 Å². The predicted molar refractivity (Wildman–Crippen MR) is 120 cm³/mol. The van der Waals surface area contributed by atoms with Crippen molar-refractivity contribution in [3.63, 3.8) is 0 Å². The minimum atomic E-state index is -0.533. The lowest BCUT2D eigenvalue weighted by atomic mass is 9.98. The van der Waals surface area contributed by atoms with Crippen molar-refractivity contribution in [3.8, 4) is 0 Å². The van der Waals surface area contributed by atoms with Crippen LogP contribution in [-0.4, -0.2) is 36.3 Å². The van der Waals surface area contributed by atoms with E-state index in [4.69, 9.17) is 0 Å². The number of benzene rings is 3. The second kappa shape index (κ2) is 10.5. The zero-order valence-corrected chi connectivity index (χ0v) is 17.6. The van der Waals surface area contributed by atoms with Gasteiger partial charge in [-0.1, -0.05) is 60.7 Å². The molecule has 0 fully saturated rings. The number of carbonyl (C=O) groups excluding carboxylic acids is 2. The highest BCUT2D eigenvalue weighted by Gasteiger charge is 2.24. The predicted octanol–water partition coefficient (Wildman–Crippen LogP) is 3.99. The third kappa shape index (κ3) is 6.23. The van der Waals surface area contributed by atoms with Gasteiger partial charge in [0, 0.05) is 5.69 Å². The van der Waals surface area contributed by atoms with Crippen LogP contribution in [0, 0.1) is 5.82 Å². The molecule has 3 aromatic carbocycles. The summed E-state index contributed by atoms with van der Waals surface area (Å²) in [5, 5.41) is 5.81. The van der Waals surface area contributed by atoms with Crippen molar-refractivity contribution in [2.24, 2.45) is 0 Å². The van der Waals surface area contributed by atoms with Crippen LogP contribution in [0.1, 0.15) is 24.1 Å². The average molecular weight is 420 g/mol. The highest BCUT2D eigenvalue weighted by Crippen LogP contribution is 2.22. The van der Waals surface area contributed by atoms with Gasteiger partial charge in [0.15, 0.2) is 0 Å². The summed E-state index contributed by atoms with van der Waals surface area (Å²) in [6.07, 6.45) is 0. The van der Waals surface area contributed by atoms with Crippen LogP contribution in [0.25, 0.3) is 0 Å². The molecule has 5 nitrogen and oxygen atoms in total. The Balaban J connectivity index is 1.64. The van der Waals surface area contributed by atoms with E-state index in [0.29, 0.717) is 5.69 Å². The molecule has 3 aromatic rings. The van der Waals surface area contributed by atoms with Gasteiger partial charge in [-0.15, -0.1) is 0 Å². The third-order valence-corrected chi connectivity index (χ3v) is 5.11. The molecule has 0 bridgehead atoms. The molecule has 0 aliphatic rings. The Bertz CT molecular complexity index is 955. The summed E-state index contributed by atoms with van der Waals surface area (Å²) in [5.41, 5.74) is 2.46. The Morgan fingerprint density at radius 2 is 1.39 bits per heavy atom. The maximum Gasteiger partial charge on any atom is 0.238 e. The molecule has 1 atom stereocenters. The van der Waals surface area contributed by atoms with Crippen LogP contribution in [0.3, 0.4) is 0 Å². The summed E-state index contributed by atoms with van der Waals surface area (Å²) in [5.74, 6) is -0.835. The largest absolute Gasteiger partial charge is 0.344 e. The Morgan fingerprint density at radius 3 is 1.90 bits per heavy atom. The summed E-state index contributed by atoms with van der Waals surface area (Å²) in [6.45, 7) is 1.78. The summed E-state index contributed by atoms with van der Waals surface area (Å²) in [7, 11) is 1.72. The van der Waals surface area contributed by atoms with E-state index in [1.807, 2.05) is 60.7 Å². The maximum atomic E-state index is 13.0. The maximum absolute atomic E-state index is 13.0. The smallest absolute Gasteiger partial charge is 0.238 e. The van der Waals surface area contributed by atoms with E-state index in [1.54, 1.807) is 18.9 Å². The number of likely N-dealkylation sites (N-methyl/N-ethyl adjacent to an activating group) is 1. The molecular weight excluding hydrogens is 393 g/mol. The second-order valence-electron chi connectivity index (χ2n) is 7.41. The van der Waals surface area contributed by atoms with E-state index in [0.717, 1.165) is 11.1 Å². The minimum Gasteiger partial charge on any atom is -0.344 e. The van der Waals surface area contributed by atoms with Crippen molar-refractivity contribution in [2.45, 2.75) is 19.0 Å². The van der Waals surface area contributed by atoms with Crippen molar-refractivity contribution < 1.29 is 14.0 Å². The fraction of sp³-hybridized carbons (Fsp3) is 0.200. The van der Waals surface area contributed by atoms with Crippen molar-refractivity contribution in [3.05, 3.63) is 102 Å². The molecule has 0 heterocycles. The molecule has 3 rings (SSSR count). The van der Waals surface area contributed by atoms with Gasteiger partial charge in [0.05, 0.1) is 18.6 Å². The summed E-state index contributed by atoms with van der Waals surface area (Å²) in [6, 6.07) is 24.2. The van der Waals surface area contributed by atoms with Gasteiger partial charge in [-0.25, -0.2) is 4.39 Å². The Hall–Kier alpha value is -3.51. The molecule has 0 unspecified atom stereocenters. The van der Waals surface area contributed by atoms with Crippen molar-refractivity contribution in [1.29, 1.82) is 0 Å². The quantitative estimate of drug-likeness (QED) is 0.580. The summed E-state index contributed by atoms with van der Waals surface area (Å²) >= 11 is 0. The van der Waals surface area contributed by atoms with Gasteiger partial charge in [0.2, 0.25) is 11.8 Å². The average Bonchev–Trinajstić information content (AvgIpc) is 2.79. The van der Waals surface area contributed by atoms with E-state index in [9.17, 15) is 14.0 Å². The van der Waals surface area contributed by atoms with Crippen LogP contribution in [0.5, 0.6) is 0 Å². The van der Waals surface area contributed by atoms with Crippen molar-refractivity contribution >= 4 is 17.5 Å². The van der Waals surface area contributed by atoms with Crippen LogP contribution in [0.2, 0.25) is 0 Å². The second-order valence-corrected chi connectivity index (χ2v) is 7.41. The van der Waals surface area contributed by atoms with Crippen LogP contribution in [0.4, 0.5) is 10.1 Å². The number of hydrogen-bond acceptors (Lipinski definition) is 3. The molecule has 2 amide bonds. The minimum absolute atomic E-state index is 0.0211. The molecule has 160 valence electrons. The van der Waals surface area contributed by atoms with Gasteiger partial charge in [-0.3, -0.25) is 14.5 Å². The number of nitrogens with zero attached hydrogens (tertiary/aromatic N) is 1. The van der Waals surface area contributed by atoms with E-state index < -0.39 is 6.04 Å². The van der Waals surface area contributed by atoms with Gasteiger partial charge in [-0.2, -0.15) is 0 Å². The number of hydrogen-bond donors (Lipinski definition) is 2. The lowest BCUT2D eigenvalue weighted by Crippen LogP contribution is -2.47. The molecule has 0 spiro atoms. The third-order valence-electron chi connectivity index (χ3n) is 5.11. The first-order chi connectivity index (χ1) is 14.9. The monoisotopic (exact) mass is 419 g/mol. The molecule has 0 aliphatic heterocycles. The number of halogens is 1. The van der Waals surface area contributed by atoms with Gasteiger partial charge < -0.3 is 10.6 Å². The highest BCUT2D eigenvalue weighted by molar-refractivity contribution is 5.92. The highest BCUT2D eigenvalue weighted by atomic mass is 19.1. The SMILES string of the molecule is C[C@@H](C(=O)NC(c1ccccc1)c1ccccc1)N(C)CC(=O)Nc1ccc(F)cc1. The molecule has 0 aromatic heterocycles. The summed E-state index contributed by atoms with van der Waals surface area (Å²) < 4.78 is 13.0. The number of anilines is 1. The number of amides is 2. The Morgan fingerprint density at radius 1 is 0.871 bits per heavy atom. The molecular formula is C25H26FN3O2. The molecule has 2 N–H and O–H groups in total. The number of carbonyl (C=O) groups is 2. The molecule has 0 radical (unpaired) electrons. The topological polar surface area (TPSA) is 61.4 Å². The standard InChI is InChI=1S/C25H26FN3O2/c1-18(29(2)17-23(30)27-22-15-13-21(26)14-16-22)25(31)28-24(19-9-5-3-6-10-19)20-11-7-4-8-12-20/h3-16,18,24H,17H2,1-2H3,(H,27,30)(H,28,31)/t18-/m0/s1.